The van der Waals surface area contributed by atoms with Crippen molar-refractivity contribution in [1.29, 1.82) is 0 Å². The zero-order valence-electron chi connectivity index (χ0n) is 14.2. The van der Waals surface area contributed by atoms with Gasteiger partial charge in [-0.15, -0.1) is 0 Å². The molecule has 0 bridgehead atoms. The van der Waals surface area contributed by atoms with Crippen molar-refractivity contribution in [3.8, 4) is 5.75 Å². The van der Waals surface area contributed by atoms with Crippen molar-refractivity contribution in [2.75, 3.05) is 7.11 Å². The van der Waals surface area contributed by atoms with Crippen LogP contribution in [0.3, 0.4) is 0 Å². The first-order valence-electron chi connectivity index (χ1n) is 8.29. The van der Waals surface area contributed by atoms with Gasteiger partial charge in [-0.1, -0.05) is 54.1 Å². The van der Waals surface area contributed by atoms with Crippen LogP contribution in [-0.4, -0.2) is 22.0 Å². The highest BCUT2D eigenvalue weighted by molar-refractivity contribution is 6.32. The van der Waals surface area contributed by atoms with E-state index in [1.807, 2.05) is 30.3 Å². The van der Waals surface area contributed by atoms with Crippen LogP contribution in [0.5, 0.6) is 5.75 Å². The molecule has 132 valence electrons. The Morgan fingerprint density at radius 3 is 2.46 bits per heavy atom. The molecule has 0 radical (unpaired) electrons. The summed E-state index contributed by atoms with van der Waals surface area (Å²) in [6, 6.07) is 18.4. The summed E-state index contributed by atoms with van der Waals surface area (Å²) in [7, 11) is 1.67. The van der Waals surface area contributed by atoms with E-state index >= 15 is 0 Å². The summed E-state index contributed by atoms with van der Waals surface area (Å²) in [5, 5.41) is 0.610. The molecule has 4 rings (SSSR count). The number of ether oxygens (including phenoxy) is 1. The second kappa shape index (κ2) is 7.23. The Kier molecular flexibility index (Phi) is 4.81. The number of rotatable bonds is 4. The Morgan fingerprint density at radius 1 is 1.04 bits per heavy atom. The van der Waals surface area contributed by atoms with Gasteiger partial charge in [0, 0.05) is 18.7 Å². The number of aromatic nitrogens is 2. The minimum Gasteiger partial charge on any atom is -0.497 e. The zero-order chi connectivity index (χ0) is 18.1. The van der Waals surface area contributed by atoms with E-state index in [9.17, 15) is 0 Å². The van der Waals surface area contributed by atoms with Gasteiger partial charge >= 0.3 is 0 Å². The zero-order valence-corrected chi connectivity index (χ0v) is 15.7. The molecule has 3 aromatic rings. The van der Waals surface area contributed by atoms with Crippen molar-refractivity contribution in [2.45, 2.75) is 19.1 Å². The van der Waals surface area contributed by atoms with Gasteiger partial charge in [0.2, 0.25) is 5.28 Å². The molecule has 0 amide bonds. The van der Waals surface area contributed by atoms with E-state index in [0.717, 1.165) is 29.1 Å². The van der Waals surface area contributed by atoms with Crippen LogP contribution in [0.2, 0.25) is 10.4 Å². The number of halogens is 2. The number of fused-ring (bicyclic) bond motifs is 1. The van der Waals surface area contributed by atoms with Gasteiger partial charge in [-0.2, -0.15) is 0 Å². The number of hydrogen-bond donors (Lipinski definition) is 0. The summed E-state index contributed by atoms with van der Waals surface area (Å²) in [6.45, 7) is 1.44. The maximum atomic E-state index is 6.36. The summed E-state index contributed by atoms with van der Waals surface area (Å²) >= 11 is 12.4. The minimum atomic E-state index is -0.00805. The molecule has 1 unspecified atom stereocenters. The van der Waals surface area contributed by atoms with Crippen molar-refractivity contribution >= 4 is 23.2 Å². The Balaban J connectivity index is 1.72. The van der Waals surface area contributed by atoms with Gasteiger partial charge in [0.15, 0.2) is 0 Å². The van der Waals surface area contributed by atoms with E-state index < -0.39 is 0 Å². The quantitative estimate of drug-likeness (QED) is 0.472. The first-order chi connectivity index (χ1) is 12.7. The lowest BCUT2D eigenvalue weighted by Gasteiger charge is -2.25. The SMILES string of the molecule is COc1ccc(CN2Cc3c(Cl)nc(Cl)nc3C2c2ccccc2)cc1. The van der Waals surface area contributed by atoms with Gasteiger partial charge in [0.1, 0.15) is 10.9 Å². The van der Waals surface area contributed by atoms with Gasteiger partial charge in [-0.25, -0.2) is 9.97 Å². The molecule has 0 saturated carbocycles. The lowest BCUT2D eigenvalue weighted by molar-refractivity contribution is 0.233. The maximum Gasteiger partial charge on any atom is 0.224 e. The fourth-order valence-electron chi connectivity index (χ4n) is 3.40. The fourth-order valence-corrected chi connectivity index (χ4v) is 3.86. The second-order valence-electron chi connectivity index (χ2n) is 6.21. The highest BCUT2D eigenvalue weighted by Crippen LogP contribution is 2.41. The van der Waals surface area contributed by atoms with E-state index in [1.54, 1.807) is 7.11 Å². The minimum absolute atomic E-state index is 0.00805. The molecule has 0 saturated heterocycles. The molecule has 26 heavy (non-hydrogen) atoms. The Morgan fingerprint density at radius 2 is 1.77 bits per heavy atom. The summed E-state index contributed by atoms with van der Waals surface area (Å²) in [6.07, 6.45) is 0. The molecule has 1 aromatic heterocycles. The molecule has 2 aromatic carbocycles. The monoisotopic (exact) mass is 385 g/mol. The average molecular weight is 386 g/mol. The van der Waals surface area contributed by atoms with Crippen LogP contribution in [-0.2, 0) is 13.1 Å². The van der Waals surface area contributed by atoms with Crippen LogP contribution in [0, 0.1) is 0 Å². The largest absolute Gasteiger partial charge is 0.497 e. The topological polar surface area (TPSA) is 38.2 Å². The lowest BCUT2D eigenvalue weighted by Crippen LogP contribution is -2.23. The maximum absolute atomic E-state index is 6.36. The van der Waals surface area contributed by atoms with Gasteiger partial charge in [-0.05, 0) is 34.9 Å². The number of methoxy groups -OCH3 is 1. The first-order valence-corrected chi connectivity index (χ1v) is 9.05. The van der Waals surface area contributed by atoms with Gasteiger partial charge in [0.25, 0.3) is 0 Å². The molecular weight excluding hydrogens is 369 g/mol. The van der Waals surface area contributed by atoms with Gasteiger partial charge in [0.05, 0.1) is 18.8 Å². The van der Waals surface area contributed by atoms with Crippen LogP contribution >= 0.6 is 23.2 Å². The van der Waals surface area contributed by atoms with Crippen molar-refractivity contribution < 1.29 is 4.74 Å². The van der Waals surface area contributed by atoms with Crippen molar-refractivity contribution in [3.05, 3.63) is 87.4 Å². The molecule has 2 heterocycles. The predicted molar refractivity (Wildman–Crippen MR) is 103 cm³/mol. The molecule has 0 aliphatic carbocycles. The van der Waals surface area contributed by atoms with E-state index in [1.165, 1.54) is 5.56 Å². The number of nitrogens with zero attached hydrogens (tertiary/aromatic N) is 3. The third-order valence-electron chi connectivity index (χ3n) is 4.61. The predicted octanol–water partition coefficient (Wildman–Crippen LogP) is 4.90. The standard InChI is InChI=1S/C20H17Cl2N3O/c1-26-15-9-7-13(8-10-15)11-25-12-16-17(23-20(22)24-19(16)21)18(25)14-5-3-2-4-6-14/h2-10,18H,11-12H2,1H3. The average Bonchev–Trinajstić information content (AvgIpc) is 3.01. The molecule has 0 spiro atoms. The Hall–Kier alpha value is -2.14. The summed E-state index contributed by atoms with van der Waals surface area (Å²) in [5.74, 6) is 0.846. The molecule has 0 N–H and O–H groups in total. The summed E-state index contributed by atoms with van der Waals surface area (Å²) in [4.78, 5) is 10.9. The Labute approximate surface area is 162 Å². The van der Waals surface area contributed by atoms with Gasteiger partial charge < -0.3 is 4.74 Å². The van der Waals surface area contributed by atoms with Crippen LogP contribution in [0.15, 0.2) is 54.6 Å². The highest BCUT2D eigenvalue weighted by atomic mass is 35.5. The Bertz CT molecular complexity index is 916. The molecule has 1 atom stereocenters. The van der Waals surface area contributed by atoms with Crippen LogP contribution in [0.4, 0.5) is 0 Å². The molecule has 1 aliphatic heterocycles. The van der Waals surface area contributed by atoms with Crippen molar-refractivity contribution in [3.63, 3.8) is 0 Å². The molecule has 0 fully saturated rings. The van der Waals surface area contributed by atoms with Crippen LogP contribution in [0.25, 0.3) is 0 Å². The van der Waals surface area contributed by atoms with Crippen LogP contribution in [0.1, 0.15) is 28.4 Å². The fraction of sp³-hybridized carbons (Fsp3) is 0.200. The molecule has 1 aliphatic rings. The summed E-state index contributed by atoms with van der Waals surface area (Å²) < 4.78 is 5.25. The van der Waals surface area contributed by atoms with Crippen molar-refractivity contribution in [2.24, 2.45) is 0 Å². The molecule has 6 heteroatoms. The van der Waals surface area contributed by atoms with Gasteiger partial charge in [-0.3, -0.25) is 4.90 Å². The smallest absolute Gasteiger partial charge is 0.224 e. The molecule has 4 nitrogen and oxygen atoms in total. The van der Waals surface area contributed by atoms with Crippen LogP contribution < -0.4 is 4.74 Å². The number of benzene rings is 2. The van der Waals surface area contributed by atoms with E-state index in [0.29, 0.717) is 11.7 Å². The van der Waals surface area contributed by atoms with E-state index in [2.05, 4.69) is 39.1 Å². The van der Waals surface area contributed by atoms with Crippen molar-refractivity contribution in [1.82, 2.24) is 14.9 Å². The lowest BCUT2D eigenvalue weighted by atomic mass is 10.0. The third kappa shape index (κ3) is 3.28. The first kappa shape index (κ1) is 17.3. The van der Waals surface area contributed by atoms with E-state index in [-0.39, 0.29) is 11.3 Å². The third-order valence-corrected chi connectivity index (χ3v) is 5.09. The molecular formula is C20H17Cl2N3O. The number of hydrogen-bond acceptors (Lipinski definition) is 4. The second-order valence-corrected chi connectivity index (χ2v) is 6.91. The normalized spacial score (nSPS) is 16.5. The highest BCUT2D eigenvalue weighted by Gasteiger charge is 2.35. The summed E-state index contributed by atoms with van der Waals surface area (Å²) in [5.41, 5.74) is 4.17. The van der Waals surface area contributed by atoms with E-state index in [4.69, 9.17) is 27.9 Å².